The summed E-state index contributed by atoms with van der Waals surface area (Å²) in [5.74, 6) is -1.06. The van der Waals surface area contributed by atoms with E-state index in [1.165, 1.54) is 0 Å². The summed E-state index contributed by atoms with van der Waals surface area (Å²) < 4.78 is 0. The Kier molecular flexibility index (Phi) is 5.59. The fraction of sp³-hybridized carbons (Fsp3) is 0.909. The normalized spacial score (nSPS) is 26.9. The van der Waals surface area contributed by atoms with Crippen LogP contribution in [0, 0.1) is 5.92 Å². The first-order valence-electron chi connectivity index (χ1n) is 6.50. The van der Waals surface area contributed by atoms with Crippen LogP contribution < -0.4 is 11.5 Å². The third kappa shape index (κ3) is 3.95. The van der Waals surface area contributed by atoms with E-state index in [2.05, 4.69) is 0 Å². The summed E-state index contributed by atoms with van der Waals surface area (Å²) in [5.41, 5.74) is 10.6. The molecule has 0 radical (unpaired) electrons. The number of unbranched alkanes of at least 4 members (excludes halogenated alkanes) is 1. The van der Waals surface area contributed by atoms with E-state index in [-0.39, 0.29) is 18.3 Å². The Bertz CT molecular complexity index is 290. The van der Waals surface area contributed by atoms with Crippen LogP contribution in [-0.4, -0.2) is 39.8 Å². The van der Waals surface area contributed by atoms with E-state index >= 15 is 0 Å². The van der Waals surface area contributed by atoms with Gasteiger partial charge >= 0.3 is 13.1 Å². The summed E-state index contributed by atoms with van der Waals surface area (Å²) in [6.45, 7) is 0. The molecule has 6 nitrogen and oxygen atoms in total. The maximum absolute atomic E-state index is 11.4. The first-order valence-corrected chi connectivity index (χ1v) is 6.50. The van der Waals surface area contributed by atoms with Crippen molar-refractivity contribution in [3.05, 3.63) is 0 Å². The zero-order chi connectivity index (χ0) is 13.8. The molecule has 1 fully saturated rings. The van der Waals surface area contributed by atoms with Crippen LogP contribution >= 0.6 is 0 Å². The van der Waals surface area contributed by atoms with Gasteiger partial charge in [-0.1, -0.05) is 12.8 Å². The average molecular weight is 258 g/mol. The van der Waals surface area contributed by atoms with Gasteiger partial charge in [0.05, 0.1) is 0 Å². The van der Waals surface area contributed by atoms with Gasteiger partial charge in [-0.15, -0.1) is 0 Å². The van der Waals surface area contributed by atoms with E-state index in [9.17, 15) is 9.90 Å². The van der Waals surface area contributed by atoms with Crippen LogP contribution in [0.4, 0.5) is 0 Å². The van der Waals surface area contributed by atoms with Crippen LogP contribution in [0.1, 0.15) is 38.5 Å². The quantitative estimate of drug-likeness (QED) is 0.310. The first kappa shape index (κ1) is 15.4. The molecule has 0 aromatic rings. The summed E-state index contributed by atoms with van der Waals surface area (Å²) in [5, 5.41) is 26.8. The second kappa shape index (κ2) is 6.52. The molecular formula is C11H23BN2O4. The van der Waals surface area contributed by atoms with Crippen LogP contribution in [0.3, 0.4) is 0 Å². The molecule has 0 saturated heterocycles. The van der Waals surface area contributed by atoms with Crippen molar-refractivity contribution in [2.75, 3.05) is 0 Å². The number of hydrogen-bond donors (Lipinski definition) is 5. The molecular weight excluding hydrogens is 235 g/mol. The second-order valence-corrected chi connectivity index (χ2v) is 5.34. The van der Waals surface area contributed by atoms with E-state index in [1.54, 1.807) is 0 Å². The number of hydrogen-bond acceptors (Lipinski definition) is 5. The summed E-state index contributed by atoms with van der Waals surface area (Å²) in [6, 6.07) is 0.0524. The van der Waals surface area contributed by atoms with Crippen LogP contribution in [-0.2, 0) is 4.79 Å². The molecule has 7 N–H and O–H groups in total. The highest BCUT2D eigenvalue weighted by molar-refractivity contribution is 6.40. The fourth-order valence-electron chi connectivity index (χ4n) is 2.71. The minimum absolute atomic E-state index is 0.0524. The van der Waals surface area contributed by atoms with Gasteiger partial charge in [0.15, 0.2) is 0 Å². The zero-order valence-electron chi connectivity index (χ0n) is 10.6. The molecule has 3 atom stereocenters. The highest BCUT2D eigenvalue weighted by atomic mass is 16.4. The van der Waals surface area contributed by atoms with E-state index in [1.807, 2.05) is 0 Å². The van der Waals surface area contributed by atoms with Gasteiger partial charge in [-0.3, -0.25) is 4.79 Å². The lowest BCUT2D eigenvalue weighted by Crippen LogP contribution is -2.53. The van der Waals surface area contributed by atoms with Crippen LogP contribution in [0.15, 0.2) is 0 Å². The van der Waals surface area contributed by atoms with Gasteiger partial charge in [0.1, 0.15) is 5.54 Å². The molecule has 0 aromatic carbocycles. The molecule has 104 valence electrons. The van der Waals surface area contributed by atoms with Gasteiger partial charge in [0.2, 0.25) is 0 Å². The average Bonchev–Trinajstić information content (AvgIpc) is 2.71. The van der Waals surface area contributed by atoms with Crippen molar-refractivity contribution >= 4 is 13.1 Å². The van der Waals surface area contributed by atoms with Gasteiger partial charge in [-0.05, 0) is 37.9 Å². The van der Waals surface area contributed by atoms with Gasteiger partial charge < -0.3 is 26.6 Å². The van der Waals surface area contributed by atoms with Crippen molar-refractivity contribution in [1.29, 1.82) is 0 Å². The smallest absolute Gasteiger partial charge is 0.451 e. The molecule has 18 heavy (non-hydrogen) atoms. The predicted octanol–water partition coefficient (Wildman–Crippen LogP) is -0.461. The van der Waals surface area contributed by atoms with Crippen molar-refractivity contribution in [2.24, 2.45) is 17.4 Å². The lowest BCUT2D eigenvalue weighted by Gasteiger charge is -2.31. The van der Waals surface area contributed by atoms with E-state index in [0.29, 0.717) is 25.7 Å². The maximum Gasteiger partial charge on any atom is 0.451 e. The van der Waals surface area contributed by atoms with E-state index in [4.69, 9.17) is 21.5 Å². The third-order valence-electron chi connectivity index (χ3n) is 3.90. The largest absolute Gasteiger partial charge is 0.480 e. The number of rotatable bonds is 7. The molecule has 0 amide bonds. The molecule has 2 unspecified atom stereocenters. The van der Waals surface area contributed by atoms with Gasteiger partial charge in [-0.2, -0.15) is 0 Å². The van der Waals surface area contributed by atoms with E-state index < -0.39 is 18.6 Å². The van der Waals surface area contributed by atoms with Crippen molar-refractivity contribution in [3.63, 3.8) is 0 Å². The Morgan fingerprint density at radius 3 is 2.44 bits per heavy atom. The molecule has 0 bridgehead atoms. The van der Waals surface area contributed by atoms with Crippen molar-refractivity contribution in [1.82, 2.24) is 0 Å². The molecule has 1 aliphatic rings. The first-order chi connectivity index (χ1) is 8.36. The van der Waals surface area contributed by atoms with Gasteiger partial charge in [-0.25, -0.2) is 0 Å². The van der Waals surface area contributed by atoms with Crippen molar-refractivity contribution in [3.8, 4) is 0 Å². The van der Waals surface area contributed by atoms with Crippen LogP contribution in [0.25, 0.3) is 0 Å². The fourth-order valence-corrected chi connectivity index (χ4v) is 2.71. The topological polar surface area (TPSA) is 130 Å². The monoisotopic (exact) mass is 258 g/mol. The summed E-state index contributed by atoms with van der Waals surface area (Å²) >= 11 is 0. The molecule has 0 spiro atoms. The Labute approximate surface area is 107 Å². The SMILES string of the molecule is N[C@H]1CCC(C(N)(CCCCB(O)O)C(=O)O)C1. The molecule has 7 heteroatoms. The van der Waals surface area contributed by atoms with Crippen LogP contribution in [0.5, 0.6) is 0 Å². The molecule has 1 rings (SSSR count). The minimum Gasteiger partial charge on any atom is -0.480 e. The van der Waals surface area contributed by atoms with Crippen LogP contribution in [0.2, 0.25) is 6.32 Å². The number of carbonyl (C=O) groups is 1. The summed E-state index contributed by atoms with van der Waals surface area (Å²) in [4.78, 5) is 11.4. The minimum atomic E-state index is -1.33. The second-order valence-electron chi connectivity index (χ2n) is 5.34. The summed E-state index contributed by atoms with van der Waals surface area (Å²) in [7, 11) is -1.33. The van der Waals surface area contributed by atoms with Gasteiger partial charge in [0.25, 0.3) is 0 Å². The third-order valence-corrected chi connectivity index (χ3v) is 3.90. The lowest BCUT2D eigenvalue weighted by atomic mass is 9.77. The molecule has 0 aliphatic heterocycles. The zero-order valence-corrected chi connectivity index (χ0v) is 10.6. The maximum atomic E-state index is 11.4. The standard InChI is InChI=1S/C11H23BN2O4/c13-9-4-3-8(7-9)11(14,10(15)16)5-1-2-6-12(17)18/h8-9,17-18H,1-7,13-14H2,(H,15,16)/t8?,9-,11?/m0/s1. The number of carboxylic acids is 1. The Morgan fingerprint density at radius 1 is 1.33 bits per heavy atom. The Morgan fingerprint density at radius 2 is 2.00 bits per heavy atom. The van der Waals surface area contributed by atoms with Crippen molar-refractivity contribution in [2.45, 2.75) is 56.4 Å². The molecule has 0 heterocycles. The molecule has 1 saturated carbocycles. The highest BCUT2D eigenvalue weighted by Gasteiger charge is 2.44. The van der Waals surface area contributed by atoms with Crippen molar-refractivity contribution < 1.29 is 19.9 Å². The molecule has 0 aromatic heterocycles. The number of nitrogens with two attached hydrogens (primary N) is 2. The highest BCUT2D eigenvalue weighted by Crippen LogP contribution is 2.35. The Balaban J connectivity index is 2.50. The lowest BCUT2D eigenvalue weighted by molar-refractivity contribution is -0.146. The van der Waals surface area contributed by atoms with Gasteiger partial charge in [0, 0.05) is 6.04 Å². The number of carboxylic acid groups (broad SMARTS) is 1. The predicted molar refractivity (Wildman–Crippen MR) is 68.7 cm³/mol. The molecule has 1 aliphatic carbocycles. The number of aliphatic carboxylic acids is 1. The Hall–Kier alpha value is -0.625. The van der Waals surface area contributed by atoms with E-state index in [0.717, 1.165) is 12.8 Å². The summed E-state index contributed by atoms with van der Waals surface area (Å²) in [6.07, 6.45) is 3.98.